The summed E-state index contributed by atoms with van der Waals surface area (Å²) in [6.07, 6.45) is 0. The van der Waals surface area contributed by atoms with E-state index < -0.39 is 0 Å². The van der Waals surface area contributed by atoms with Crippen molar-refractivity contribution in [2.45, 2.75) is 0 Å². The van der Waals surface area contributed by atoms with Gasteiger partial charge in [0.2, 0.25) is 0 Å². The number of rotatable bonds is 4. The Morgan fingerprint density at radius 3 is 2.23 bits per heavy atom. The van der Waals surface area contributed by atoms with Crippen LogP contribution in [0.25, 0.3) is 21.7 Å². The van der Waals surface area contributed by atoms with Crippen molar-refractivity contribution >= 4 is 33.2 Å². The Balaban J connectivity index is 1.87. The van der Waals surface area contributed by atoms with Gasteiger partial charge in [0.05, 0.1) is 17.7 Å². The highest BCUT2D eigenvalue weighted by Crippen LogP contribution is 2.34. The maximum atomic E-state index is 12.7. The predicted molar refractivity (Wildman–Crippen MR) is 125 cm³/mol. The van der Waals surface area contributed by atoms with Gasteiger partial charge in [-0.3, -0.25) is 4.79 Å². The number of benzene rings is 3. The Morgan fingerprint density at radius 1 is 0.933 bits per heavy atom. The lowest BCUT2D eigenvalue weighted by Crippen LogP contribution is -2.14. The first kappa shape index (κ1) is 20.3. The summed E-state index contributed by atoms with van der Waals surface area (Å²) in [5, 5.41) is 0. The highest BCUT2D eigenvalue weighted by molar-refractivity contribution is 9.10. The smallest absolute Gasteiger partial charge is 0.279 e. The second-order valence-corrected chi connectivity index (χ2v) is 8.53. The Labute approximate surface area is 187 Å². The number of methoxy groups -OCH3 is 1. The maximum absolute atomic E-state index is 12.7. The molecule has 0 aliphatic rings. The van der Waals surface area contributed by atoms with Gasteiger partial charge >= 0.3 is 0 Å². The molecule has 0 bridgehead atoms. The van der Waals surface area contributed by atoms with Gasteiger partial charge in [-0.1, -0.05) is 57.6 Å². The lowest BCUT2D eigenvalue weighted by atomic mass is 10.1. The molecule has 0 saturated heterocycles. The third-order valence-corrected chi connectivity index (χ3v) is 6.43. The molecule has 1 aromatic heterocycles. The number of hydrogen-bond donors (Lipinski definition) is 0. The van der Waals surface area contributed by atoms with Crippen LogP contribution in [0, 0.1) is 0 Å². The number of carbonyl (C=O) groups excluding carboxylic acids is 1. The summed E-state index contributed by atoms with van der Waals surface area (Å²) in [4.78, 5) is 18.9. The number of halogens is 1. The molecule has 4 aromatic rings. The van der Waals surface area contributed by atoms with Gasteiger partial charge in [0.1, 0.15) is 5.75 Å². The number of nitrogens with zero attached hydrogens (tertiary/aromatic N) is 2. The maximum Gasteiger partial charge on any atom is 0.279 e. The van der Waals surface area contributed by atoms with Crippen molar-refractivity contribution in [2.75, 3.05) is 7.11 Å². The number of thiazole rings is 1. The third kappa shape index (κ3) is 4.15. The van der Waals surface area contributed by atoms with Crippen molar-refractivity contribution in [2.24, 2.45) is 12.0 Å². The zero-order chi connectivity index (χ0) is 21.1. The standard InChI is InChI=1S/C24H19BrN2O2S/c1-27-21(16-10-14-20(29-2)15-11-16)22(17-6-4-3-5-7-17)30-24(27)26-23(28)18-8-12-19(25)13-9-18/h3-15H,1-2H3. The Hall–Kier alpha value is -2.96. The summed E-state index contributed by atoms with van der Waals surface area (Å²) in [7, 11) is 3.59. The fourth-order valence-corrected chi connectivity index (χ4v) is 4.57. The summed E-state index contributed by atoms with van der Waals surface area (Å²) in [6, 6.07) is 25.3. The van der Waals surface area contributed by atoms with Crippen LogP contribution in [-0.4, -0.2) is 17.6 Å². The SMILES string of the molecule is COc1ccc(-c2c(-c3ccccc3)sc(=NC(=O)c3ccc(Br)cc3)n2C)cc1. The molecule has 0 unspecified atom stereocenters. The van der Waals surface area contributed by atoms with Crippen LogP contribution in [0.3, 0.4) is 0 Å². The van der Waals surface area contributed by atoms with Crippen molar-refractivity contribution in [3.8, 4) is 27.4 Å². The molecule has 0 radical (unpaired) electrons. The number of ether oxygens (including phenoxy) is 1. The molecule has 0 atom stereocenters. The molecule has 0 aliphatic carbocycles. The van der Waals surface area contributed by atoms with Gasteiger partial charge in [0.15, 0.2) is 4.80 Å². The monoisotopic (exact) mass is 478 g/mol. The minimum absolute atomic E-state index is 0.264. The van der Waals surface area contributed by atoms with Crippen LogP contribution in [0.2, 0.25) is 0 Å². The first-order valence-corrected chi connectivity index (χ1v) is 10.9. The molecule has 1 heterocycles. The van der Waals surface area contributed by atoms with Crippen LogP contribution in [0.5, 0.6) is 5.75 Å². The molecule has 0 spiro atoms. The van der Waals surface area contributed by atoms with E-state index in [1.54, 1.807) is 19.2 Å². The molecule has 0 N–H and O–H groups in total. The first-order chi connectivity index (χ1) is 14.6. The second kappa shape index (κ2) is 8.81. The third-order valence-electron chi connectivity index (χ3n) is 4.72. The van der Waals surface area contributed by atoms with E-state index in [2.05, 4.69) is 33.1 Å². The normalized spacial score (nSPS) is 11.5. The molecule has 0 fully saturated rings. The molecule has 4 rings (SSSR count). The van der Waals surface area contributed by atoms with E-state index in [-0.39, 0.29) is 5.91 Å². The van der Waals surface area contributed by atoms with Crippen LogP contribution in [0.1, 0.15) is 10.4 Å². The minimum Gasteiger partial charge on any atom is -0.497 e. The summed E-state index contributed by atoms with van der Waals surface area (Å²) in [5.41, 5.74) is 3.68. The number of carbonyl (C=O) groups is 1. The molecule has 150 valence electrons. The molecular formula is C24H19BrN2O2S. The number of amides is 1. The van der Waals surface area contributed by atoms with E-state index in [9.17, 15) is 4.79 Å². The van der Waals surface area contributed by atoms with Crippen LogP contribution in [0.15, 0.2) is 88.3 Å². The Morgan fingerprint density at radius 2 is 1.60 bits per heavy atom. The summed E-state index contributed by atoms with van der Waals surface area (Å²) >= 11 is 4.90. The fraction of sp³-hybridized carbons (Fsp3) is 0.0833. The second-order valence-electron chi connectivity index (χ2n) is 6.64. The highest BCUT2D eigenvalue weighted by Gasteiger charge is 2.16. The molecule has 1 amide bonds. The number of hydrogen-bond acceptors (Lipinski definition) is 3. The van der Waals surface area contributed by atoms with Crippen molar-refractivity contribution in [3.05, 3.63) is 93.7 Å². The van der Waals surface area contributed by atoms with Gasteiger partial charge in [-0.05, 0) is 59.7 Å². The van der Waals surface area contributed by atoms with Crippen molar-refractivity contribution in [1.82, 2.24) is 4.57 Å². The lowest BCUT2D eigenvalue weighted by molar-refractivity contribution is 0.0998. The van der Waals surface area contributed by atoms with E-state index in [4.69, 9.17) is 4.74 Å². The van der Waals surface area contributed by atoms with Gasteiger partial charge in [-0.25, -0.2) is 0 Å². The lowest BCUT2D eigenvalue weighted by Gasteiger charge is -2.08. The van der Waals surface area contributed by atoms with Gasteiger partial charge in [0, 0.05) is 17.1 Å². The first-order valence-electron chi connectivity index (χ1n) is 9.31. The zero-order valence-electron chi connectivity index (χ0n) is 16.5. The van der Waals surface area contributed by atoms with Crippen LogP contribution in [0.4, 0.5) is 0 Å². The fourth-order valence-electron chi connectivity index (χ4n) is 3.16. The summed E-state index contributed by atoms with van der Waals surface area (Å²) in [6.45, 7) is 0. The van der Waals surface area contributed by atoms with Crippen molar-refractivity contribution in [3.63, 3.8) is 0 Å². The van der Waals surface area contributed by atoms with Crippen LogP contribution >= 0.6 is 27.3 Å². The van der Waals surface area contributed by atoms with Crippen molar-refractivity contribution < 1.29 is 9.53 Å². The molecular weight excluding hydrogens is 460 g/mol. The molecule has 4 nitrogen and oxygen atoms in total. The average Bonchev–Trinajstić information content (AvgIpc) is 3.10. The minimum atomic E-state index is -0.264. The van der Waals surface area contributed by atoms with E-state index in [1.807, 2.05) is 66.2 Å². The van der Waals surface area contributed by atoms with Crippen LogP contribution < -0.4 is 9.54 Å². The molecule has 30 heavy (non-hydrogen) atoms. The highest BCUT2D eigenvalue weighted by atomic mass is 79.9. The van der Waals surface area contributed by atoms with Gasteiger partial charge in [-0.15, -0.1) is 0 Å². The predicted octanol–water partition coefficient (Wildman–Crippen LogP) is 5.93. The Kier molecular flexibility index (Phi) is 5.97. The summed E-state index contributed by atoms with van der Waals surface area (Å²) < 4.78 is 8.20. The van der Waals surface area contributed by atoms with Gasteiger partial charge in [-0.2, -0.15) is 4.99 Å². The van der Waals surface area contributed by atoms with E-state index in [0.717, 1.165) is 31.9 Å². The molecule has 0 aliphatic heterocycles. The van der Waals surface area contributed by atoms with E-state index in [0.29, 0.717) is 10.4 Å². The topological polar surface area (TPSA) is 43.6 Å². The van der Waals surface area contributed by atoms with E-state index >= 15 is 0 Å². The quantitative estimate of drug-likeness (QED) is 0.364. The van der Waals surface area contributed by atoms with Crippen molar-refractivity contribution in [1.29, 1.82) is 0 Å². The molecule has 0 saturated carbocycles. The molecule has 6 heteroatoms. The van der Waals surface area contributed by atoms with Gasteiger partial charge in [0.25, 0.3) is 5.91 Å². The number of aromatic nitrogens is 1. The largest absolute Gasteiger partial charge is 0.497 e. The molecule has 3 aromatic carbocycles. The average molecular weight is 479 g/mol. The van der Waals surface area contributed by atoms with Crippen LogP contribution in [-0.2, 0) is 7.05 Å². The van der Waals surface area contributed by atoms with Gasteiger partial charge < -0.3 is 9.30 Å². The Bertz CT molecular complexity index is 1240. The summed E-state index contributed by atoms with van der Waals surface area (Å²) in [5.74, 6) is 0.536. The zero-order valence-corrected chi connectivity index (χ0v) is 18.9. The van der Waals surface area contributed by atoms with E-state index in [1.165, 1.54) is 11.3 Å².